The summed E-state index contributed by atoms with van der Waals surface area (Å²) >= 11 is 5.38. The van der Waals surface area contributed by atoms with E-state index in [0.29, 0.717) is 18.1 Å². The van der Waals surface area contributed by atoms with Gasteiger partial charge < -0.3 is 9.73 Å². The fourth-order valence-corrected chi connectivity index (χ4v) is 1.55. The third-order valence-corrected chi connectivity index (χ3v) is 2.68. The van der Waals surface area contributed by atoms with Crippen molar-refractivity contribution >= 4 is 17.5 Å². The van der Waals surface area contributed by atoms with E-state index in [9.17, 15) is 4.79 Å². The predicted octanol–water partition coefficient (Wildman–Crippen LogP) is 2.51. The van der Waals surface area contributed by atoms with Gasteiger partial charge in [-0.3, -0.25) is 4.79 Å². The van der Waals surface area contributed by atoms with Crippen LogP contribution >= 0.6 is 11.6 Å². The second kappa shape index (κ2) is 5.69. The molecule has 0 saturated carbocycles. The molecule has 2 rings (SSSR count). The quantitative estimate of drug-likeness (QED) is 0.864. The number of alkyl halides is 1. The molecule has 0 spiro atoms. The molecule has 0 bridgehead atoms. The average molecular weight is 265 g/mol. The summed E-state index contributed by atoms with van der Waals surface area (Å²) in [6.45, 7) is 2.34. The Balaban J connectivity index is 2.06. The molecule has 0 unspecified atom stereocenters. The Hall–Kier alpha value is -1.81. The second-order valence-electron chi connectivity index (χ2n) is 3.92. The van der Waals surface area contributed by atoms with Crippen LogP contribution in [0.4, 0.5) is 0 Å². The van der Waals surface area contributed by atoms with Crippen molar-refractivity contribution in [2.24, 2.45) is 0 Å². The van der Waals surface area contributed by atoms with Gasteiger partial charge in [0.15, 0.2) is 0 Å². The summed E-state index contributed by atoms with van der Waals surface area (Å²) in [5.74, 6) is 0.268. The van der Waals surface area contributed by atoms with Crippen LogP contribution in [0.15, 0.2) is 34.9 Å². The third kappa shape index (κ3) is 3.11. The Morgan fingerprint density at radius 3 is 2.78 bits per heavy atom. The van der Waals surface area contributed by atoms with Gasteiger partial charge in [0.2, 0.25) is 11.8 Å². The summed E-state index contributed by atoms with van der Waals surface area (Å²) in [4.78, 5) is 15.3. The molecule has 1 heterocycles. The lowest BCUT2D eigenvalue weighted by Gasteiger charge is -1.98. The molecule has 94 valence electrons. The summed E-state index contributed by atoms with van der Waals surface area (Å²) in [6.07, 6.45) is 1.53. The smallest absolute Gasteiger partial charge is 0.235 e. The number of oxazole rings is 1. The number of nitrogens with zero attached hydrogens (tertiary/aromatic N) is 1. The Morgan fingerprint density at radius 1 is 1.39 bits per heavy atom. The molecular weight excluding hydrogens is 252 g/mol. The maximum Gasteiger partial charge on any atom is 0.235 e. The van der Waals surface area contributed by atoms with E-state index >= 15 is 0 Å². The van der Waals surface area contributed by atoms with E-state index in [2.05, 4.69) is 10.3 Å². The van der Waals surface area contributed by atoms with Crippen LogP contribution in [-0.2, 0) is 11.3 Å². The number of carbonyl (C=O) groups excluding carboxylic acids is 1. The first-order chi connectivity index (χ1) is 8.69. The standard InChI is InChI=1S/C13H13ClN2O2/c1-9-2-4-10(5-3-9)13-16-11(8-18-13)7-15-12(17)6-14/h2-5,8H,6-7H2,1H3,(H,15,17). The van der Waals surface area contributed by atoms with E-state index < -0.39 is 0 Å². The number of halogens is 1. The molecule has 1 aromatic carbocycles. The van der Waals surface area contributed by atoms with Crippen LogP contribution in [0, 0.1) is 6.92 Å². The minimum absolute atomic E-state index is 0.0529. The minimum Gasteiger partial charge on any atom is -0.444 e. The number of nitrogens with one attached hydrogen (secondary N) is 1. The van der Waals surface area contributed by atoms with Crippen LogP contribution in [0.5, 0.6) is 0 Å². The number of benzene rings is 1. The zero-order valence-corrected chi connectivity index (χ0v) is 10.7. The molecule has 0 aliphatic carbocycles. The highest BCUT2D eigenvalue weighted by molar-refractivity contribution is 6.27. The van der Waals surface area contributed by atoms with Gasteiger partial charge in [-0.25, -0.2) is 4.98 Å². The number of rotatable bonds is 4. The van der Waals surface area contributed by atoms with Gasteiger partial charge >= 0.3 is 0 Å². The number of aryl methyl sites for hydroxylation is 1. The van der Waals surface area contributed by atoms with Gasteiger partial charge in [-0.05, 0) is 19.1 Å². The highest BCUT2D eigenvalue weighted by Crippen LogP contribution is 2.18. The number of carbonyl (C=O) groups is 1. The summed E-state index contributed by atoms with van der Waals surface area (Å²) < 4.78 is 5.36. The van der Waals surface area contributed by atoms with Crippen molar-refractivity contribution in [1.82, 2.24) is 10.3 Å². The Bertz CT molecular complexity index is 534. The molecule has 0 fully saturated rings. The van der Waals surface area contributed by atoms with E-state index in [-0.39, 0.29) is 11.8 Å². The summed E-state index contributed by atoms with van der Waals surface area (Å²) in [5.41, 5.74) is 2.76. The molecule has 0 aliphatic heterocycles. The van der Waals surface area contributed by atoms with Gasteiger partial charge in [0, 0.05) is 5.56 Å². The molecular formula is C13H13ClN2O2. The van der Waals surface area contributed by atoms with Gasteiger partial charge in [-0.1, -0.05) is 17.7 Å². The second-order valence-corrected chi connectivity index (χ2v) is 4.19. The SMILES string of the molecule is Cc1ccc(-c2nc(CNC(=O)CCl)co2)cc1. The van der Waals surface area contributed by atoms with Gasteiger partial charge in [0.05, 0.1) is 12.2 Å². The molecule has 1 aromatic heterocycles. The lowest BCUT2D eigenvalue weighted by Crippen LogP contribution is -2.23. The van der Waals surface area contributed by atoms with E-state index in [1.54, 1.807) is 0 Å². The maximum absolute atomic E-state index is 11.0. The third-order valence-electron chi connectivity index (χ3n) is 2.44. The van der Waals surface area contributed by atoms with E-state index in [1.165, 1.54) is 11.8 Å². The predicted molar refractivity (Wildman–Crippen MR) is 69.2 cm³/mol. The Kier molecular flexibility index (Phi) is 3.99. The molecule has 0 atom stereocenters. The van der Waals surface area contributed by atoms with Crippen LogP contribution in [0.1, 0.15) is 11.3 Å². The lowest BCUT2D eigenvalue weighted by atomic mass is 10.1. The van der Waals surface area contributed by atoms with Crippen LogP contribution < -0.4 is 5.32 Å². The van der Waals surface area contributed by atoms with E-state index in [0.717, 1.165) is 5.56 Å². The van der Waals surface area contributed by atoms with Crippen molar-refractivity contribution in [2.75, 3.05) is 5.88 Å². The number of hydrogen-bond acceptors (Lipinski definition) is 3. The van der Waals surface area contributed by atoms with Crippen molar-refractivity contribution < 1.29 is 9.21 Å². The Morgan fingerprint density at radius 2 is 2.11 bits per heavy atom. The lowest BCUT2D eigenvalue weighted by molar-refractivity contribution is -0.118. The van der Waals surface area contributed by atoms with Crippen molar-refractivity contribution in [3.63, 3.8) is 0 Å². The molecule has 5 heteroatoms. The monoisotopic (exact) mass is 264 g/mol. The zero-order valence-electron chi connectivity index (χ0n) is 9.94. The summed E-state index contributed by atoms with van der Waals surface area (Å²) in [5, 5.41) is 2.63. The average Bonchev–Trinajstić information content (AvgIpc) is 2.85. The fourth-order valence-electron chi connectivity index (χ4n) is 1.45. The van der Waals surface area contributed by atoms with Crippen LogP contribution in [0.3, 0.4) is 0 Å². The van der Waals surface area contributed by atoms with Crippen molar-refractivity contribution in [2.45, 2.75) is 13.5 Å². The number of aromatic nitrogens is 1. The first-order valence-electron chi connectivity index (χ1n) is 5.53. The fraction of sp³-hybridized carbons (Fsp3) is 0.231. The first-order valence-corrected chi connectivity index (χ1v) is 6.06. The largest absolute Gasteiger partial charge is 0.444 e. The van der Waals surface area contributed by atoms with E-state index in [1.807, 2.05) is 31.2 Å². The van der Waals surface area contributed by atoms with Gasteiger partial charge in [-0.2, -0.15) is 0 Å². The molecule has 0 radical (unpaired) electrons. The summed E-state index contributed by atoms with van der Waals surface area (Å²) in [7, 11) is 0. The highest BCUT2D eigenvalue weighted by Gasteiger charge is 2.07. The van der Waals surface area contributed by atoms with E-state index in [4.69, 9.17) is 16.0 Å². The Labute approximate surface area is 110 Å². The minimum atomic E-state index is -0.225. The van der Waals surface area contributed by atoms with Gasteiger partial charge in [0.1, 0.15) is 12.1 Å². The molecule has 1 N–H and O–H groups in total. The molecule has 2 aromatic rings. The van der Waals surface area contributed by atoms with Crippen LogP contribution in [0.2, 0.25) is 0 Å². The molecule has 1 amide bonds. The van der Waals surface area contributed by atoms with Crippen molar-refractivity contribution in [1.29, 1.82) is 0 Å². The highest BCUT2D eigenvalue weighted by atomic mass is 35.5. The molecule has 18 heavy (non-hydrogen) atoms. The van der Waals surface area contributed by atoms with Crippen molar-refractivity contribution in [3.8, 4) is 11.5 Å². The summed E-state index contributed by atoms with van der Waals surface area (Å²) in [6, 6.07) is 7.88. The van der Waals surface area contributed by atoms with Crippen molar-refractivity contribution in [3.05, 3.63) is 41.8 Å². The molecule has 4 nitrogen and oxygen atoms in total. The number of amides is 1. The van der Waals surface area contributed by atoms with Gasteiger partial charge in [-0.15, -0.1) is 11.6 Å². The number of hydrogen-bond donors (Lipinski definition) is 1. The van der Waals surface area contributed by atoms with Gasteiger partial charge in [0.25, 0.3) is 0 Å². The molecule has 0 saturated heterocycles. The normalized spacial score (nSPS) is 10.3. The van der Waals surface area contributed by atoms with Crippen LogP contribution in [0.25, 0.3) is 11.5 Å². The first kappa shape index (κ1) is 12.6. The zero-order chi connectivity index (χ0) is 13.0. The molecule has 0 aliphatic rings. The maximum atomic E-state index is 11.0. The topological polar surface area (TPSA) is 55.1 Å². The van der Waals surface area contributed by atoms with Crippen LogP contribution in [-0.4, -0.2) is 16.8 Å².